The molecule has 7 heteroatoms. The predicted molar refractivity (Wildman–Crippen MR) is 140 cm³/mol. The zero-order valence-corrected chi connectivity index (χ0v) is 21.2. The fraction of sp³-hybridized carbons (Fsp3) is 0.367. The lowest BCUT2D eigenvalue weighted by atomic mass is 9.80. The number of hydroxylamine groups is 2. The number of carboxylic acids is 1. The van der Waals surface area contributed by atoms with Crippen LogP contribution in [-0.4, -0.2) is 40.2 Å². The first kappa shape index (κ1) is 26.4. The van der Waals surface area contributed by atoms with Gasteiger partial charge in [-0.1, -0.05) is 55.5 Å². The number of aliphatic carboxylic acids is 1. The molecule has 1 aliphatic rings. The summed E-state index contributed by atoms with van der Waals surface area (Å²) in [4.78, 5) is 35.0. The summed E-state index contributed by atoms with van der Waals surface area (Å²) < 4.78 is 5.54. The van der Waals surface area contributed by atoms with E-state index >= 15 is 0 Å². The van der Waals surface area contributed by atoms with Crippen molar-refractivity contribution in [3.05, 3.63) is 95.3 Å². The smallest absolute Gasteiger partial charge is 0.341 e. The van der Waals surface area contributed by atoms with E-state index in [0.717, 1.165) is 47.9 Å². The highest BCUT2D eigenvalue weighted by Gasteiger charge is 2.27. The highest BCUT2D eigenvalue weighted by Crippen LogP contribution is 2.39. The average Bonchev–Trinajstić information content (AvgIpc) is 2.93. The summed E-state index contributed by atoms with van der Waals surface area (Å²) in [6, 6.07) is 19.5. The molecular formula is C30H34N2O5. The summed E-state index contributed by atoms with van der Waals surface area (Å²) in [5.74, 6) is -0.189. The first-order chi connectivity index (χ1) is 18.1. The van der Waals surface area contributed by atoms with Gasteiger partial charge in [0.2, 0.25) is 5.91 Å². The van der Waals surface area contributed by atoms with Crippen LogP contribution in [-0.2, 0) is 20.8 Å². The van der Waals surface area contributed by atoms with Crippen LogP contribution in [0.3, 0.4) is 0 Å². The Morgan fingerprint density at radius 3 is 2.62 bits per heavy atom. The van der Waals surface area contributed by atoms with Crippen LogP contribution >= 0.6 is 0 Å². The molecule has 0 saturated heterocycles. The van der Waals surface area contributed by atoms with Gasteiger partial charge in [-0.2, -0.15) is 0 Å². The molecule has 1 aromatic heterocycles. The van der Waals surface area contributed by atoms with Crippen molar-refractivity contribution in [2.75, 3.05) is 13.2 Å². The average molecular weight is 503 g/mol. The molecule has 2 atom stereocenters. The van der Waals surface area contributed by atoms with Gasteiger partial charge in [0.25, 0.3) is 0 Å². The van der Waals surface area contributed by atoms with Crippen LogP contribution in [0.5, 0.6) is 5.75 Å². The van der Waals surface area contributed by atoms with Gasteiger partial charge in [0, 0.05) is 30.9 Å². The Morgan fingerprint density at radius 1 is 1.08 bits per heavy atom. The molecule has 0 aliphatic heterocycles. The molecule has 0 radical (unpaired) electrons. The number of rotatable bonds is 12. The molecule has 0 spiro atoms. The summed E-state index contributed by atoms with van der Waals surface area (Å²) in [6.07, 6.45) is 7.71. The van der Waals surface area contributed by atoms with Gasteiger partial charge in [0.15, 0.2) is 6.61 Å². The predicted octanol–water partition coefficient (Wildman–Crippen LogP) is 5.70. The number of aromatic nitrogens is 1. The Kier molecular flexibility index (Phi) is 9.27. The minimum Gasteiger partial charge on any atom is -0.482 e. The first-order valence-corrected chi connectivity index (χ1v) is 12.9. The molecule has 194 valence electrons. The van der Waals surface area contributed by atoms with E-state index in [2.05, 4.69) is 11.1 Å². The number of carbonyl (C=O) groups excluding carboxylic acids is 1. The number of carbonyl (C=O) groups is 2. The monoisotopic (exact) mass is 502 g/mol. The number of hydrogen-bond acceptors (Lipinski definition) is 5. The lowest BCUT2D eigenvalue weighted by Gasteiger charge is -2.30. The number of hydrogen-bond donors (Lipinski definition) is 1. The van der Waals surface area contributed by atoms with E-state index in [1.807, 2.05) is 61.5 Å². The van der Waals surface area contributed by atoms with Gasteiger partial charge in [-0.05, 0) is 66.8 Å². The lowest BCUT2D eigenvalue weighted by Crippen LogP contribution is -2.34. The number of fused-ring (bicyclic) bond motifs is 1. The molecule has 1 heterocycles. The Hall–Kier alpha value is -3.71. The topological polar surface area (TPSA) is 89.0 Å². The van der Waals surface area contributed by atoms with Crippen molar-refractivity contribution in [2.45, 2.75) is 57.5 Å². The van der Waals surface area contributed by atoms with Crippen LogP contribution < -0.4 is 4.74 Å². The van der Waals surface area contributed by atoms with Crippen LogP contribution in [0, 0.1) is 0 Å². The van der Waals surface area contributed by atoms with Crippen molar-refractivity contribution in [1.82, 2.24) is 10.0 Å². The first-order valence-electron chi connectivity index (χ1n) is 12.9. The molecule has 2 aromatic carbocycles. The molecular weight excluding hydrogens is 468 g/mol. The number of carboxylic acid groups (broad SMARTS) is 1. The van der Waals surface area contributed by atoms with Gasteiger partial charge in [0.05, 0.1) is 0 Å². The third-order valence-corrected chi connectivity index (χ3v) is 6.67. The fourth-order valence-corrected chi connectivity index (χ4v) is 4.95. The summed E-state index contributed by atoms with van der Waals surface area (Å²) in [5, 5.41) is 10.5. The summed E-state index contributed by atoms with van der Waals surface area (Å²) >= 11 is 0. The third-order valence-electron chi connectivity index (χ3n) is 6.67. The fourth-order valence-electron chi connectivity index (χ4n) is 4.95. The molecule has 3 aromatic rings. The zero-order valence-electron chi connectivity index (χ0n) is 21.2. The van der Waals surface area contributed by atoms with Crippen LogP contribution in [0.4, 0.5) is 0 Å². The largest absolute Gasteiger partial charge is 0.482 e. The summed E-state index contributed by atoms with van der Waals surface area (Å²) in [6.45, 7) is 2.17. The molecule has 2 unspecified atom stereocenters. The number of ether oxygens (including phenoxy) is 1. The van der Waals surface area contributed by atoms with Gasteiger partial charge in [0.1, 0.15) is 11.9 Å². The minimum absolute atomic E-state index is 0.0444. The Labute approximate surface area is 218 Å². The SMILES string of the molecule is CCCN(OC(c1ccccc1)c1cccnc1)C(=O)CCC1CCCc2c(OCC(=O)O)cccc21. The van der Waals surface area contributed by atoms with Crippen molar-refractivity contribution >= 4 is 11.9 Å². The second-order valence-corrected chi connectivity index (χ2v) is 9.31. The number of nitrogens with zero attached hydrogens (tertiary/aromatic N) is 2. The van der Waals surface area contributed by atoms with E-state index in [4.69, 9.17) is 14.7 Å². The van der Waals surface area contributed by atoms with Crippen molar-refractivity contribution < 1.29 is 24.3 Å². The molecule has 37 heavy (non-hydrogen) atoms. The van der Waals surface area contributed by atoms with Crippen molar-refractivity contribution in [3.8, 4) is 5.75 Å². The van der Waals surface area contributed by atoms with E-state index in [1.54, 1.807) is 12.4 Å². The van der Waals surface area contributed by atoms with Crippen molar-refractivity contribution in [2.24, 2.45) is 0 Å². The normalized spacial score (nSPS) is 15.4. The molecule has 1 amide bonds. The molecule has 0 fully saturated rings. The number of benzene rings is 2. The van der Waals surface area contributed by atoms with Crippen molar-refractivity contribution in [1.29, 1.82) is 0 Å². The molecule has 7 nitrogen and oxygen atoms in total. The maximum atomic E-state index is 13.4. The minimum atomic E-state index is -0.994. The summed E-state index contributed by atoms with van der Waals surface area (Å²) in [5.41, 5.74) is 4.06. The third kappa shape index (κ3) is 6.95. The number of pyridine rings is 1. The maximum Gasteiger partial charge on any atom is 0.341 e. The van der Waals surface area contributed by atoms with Gasteiger partial charge in [-0.3, -0.25) is 14.6 Å². The second-order valence-electron chi connectivity index (χ2n) is 9.31. The number of amides is 1. The lowest BCUT2D eigenvalue weighted by molar-refractivity contribution is -0.201. The molecule has 4 rings (SSSR count). The molecule has 0 bridgehead atoms. The van der Waals surface area contributed by atoms with Crippen LogP contribution in [0.25, 0.3) is 0 Å². The Balaban J connectivity index is 1.47. The van der Waals surface area contributed by atoms with Crippen LogP contribution in [0.2, 0.25) is 0 Å². The molecule has 1 aliphatic carbocycles. The molecule has 0 saturated carbocycles. The molecule has 1 N–H and O–H groups in total. The zero-order chi connectivity index (χ0) is 26.0. The highest BCUT2D eigenvalue weighted by atomic mass is 16.7. The van der Waals surface area contributed by atoms with Crippen LogP contribution in [0.1, 0.15) is 73.3 Å². The van der Waals surface area contributed by atoms with Gasteiger partial charge < -0.3 is 9.84 Å². The van der Waals surface area contributed by atoms with E-state index in [9.17, 15) is 9.59 Å². The van der Waals surface area contributed by atoms with Crippen LogP contribution in [0.15, 0.2) is 73.1 Å². The second kappa shape index (κ2) is 13.0. The van der Waals surface area contributed by atoms with Crippen molar-refractivity contribution in [3.63, 3.8) is 0 Å². The highest BCUT2D eigenvalue weighted by molar-refractivity contribution is 5.75. The van der Waals surface area contributed by atoms with E-state index in [1.165, 1.54) is 5.06 Å². The maximum absolute atomic E-state index is 13.4. The van der Waals surface area contributed by atoms with Gasteiger partial charge in [-0.15, -0.1) is 0 Å². The van der Waals surface area contributed by atoms with Gasteiger partial charge >= 0.3 is 5.97 Å². The standard InChI is InChI=1S/C30H34N2O5/c1-2-19-32(37-30(23-9-4-3-5-10-23)24-12-8-18-31-20-24)28(33)17-16-22-11-6-14-26-25(22)13-7-15-27(26)36-21-29(34)35/h3-5,7-10,12-13,15,18,20,22,30H,2,6,11,14,16-17,19,21H2,1H3,(H,34,35). The Morgan fingerprint density at radius 2 is 1.89 bits per heavy atom. The van der Waals surface area contributed by atoms with Gasteiger partial charge in [-0.25, -0.2) is 9.86 Å². The quantitative estimate of drug-likeness (QED) is 0.319. The van der Waals surface area contributed by atoms with E-state index in [0.29, 0.717) is 25.1 Å². The van der Waals surface area contributed by atoms with E-state index in [-0.39, 0.29) is 18.4 Å². The summed E-state index contributed by atoms with van der Waals surface area (Å²) in [7, 11) is 0. The Bertz CT molecular complexity index is 1130. The van der Waals surface area contributed by atoms with E-state index < -0.39 is 12.1 Å².